The number of ether oxygens (including phenoxy) is 13. The van der Waals surface area contributed by atoms with E-state index in [1.807, 2.05) is 0 Å². The highest BCUT2D eigenvalue weighted by Gasteiger charge is 2.61. The number of amides is 3. The van der Waals surface area contributed by atoms with Gasteiger partial charge in [0.1, 0.15) is 159 Å². The van der Waals surface area contributed by atoms with Crippen molar-refractivity contribution in [1.82, 2.24) is 16.0 Å². The van der Waals surface area contributed by atoms with Gasteiger partial charge in [-0.15, -0.1) is 0 Å². The SMILES string of the molecule is CC(=O)N[C@H]1[C@H](O[C@H]2[C@@H](O)[C@@H](CO)O[C@H](O[C@@H]3[C@@H](O)[C@H](O[C@H]4[C@H](O)[C@@H](O)[C@H](O)O[C@@H]4CO)O[C@H](CO)[C@@H]3O[C@@H]3O[C@H](CO)[C@H](O)[C@H](O)[C@H]3NC(C)=O)[C@@H]2O)O[C@H](CO)[C@@H](O[C@@H]2O[C@H](CO)[C@H](O)[C@H](OC(=O)[C@@]3(O)C[C@H](O)[C@@H](NC(C)=O)[C@H]([C@H](O)[C@H](O)CO)O3)[C@H]2O)[C@@H]1O. The van der Waals surface area contributed by atoms with E-state index in [9.17, 15) is 132 Å². The predicted molar refractivity (Wildman–Crippen MR) is 283 cm³/mol. The first-order chi connectivity index (χ1) is 43.8. The van der Waals surface area contributed by atoms with Gasteiger partial charge < -0.3 is 190 Å². The Morgan fingerprint density at radius 2 is 0.796 bits per heavy atom. The van der Waals surface area contributed by atoms with Crippen molar-refractivity contribution in [1.29, 1.82) is 0 Å². The van der Waals surface area contributed by atoms with Gasteiger partial charge in [-0.1, -0.05) is 0 Å². The monoisotopic (exact) mass is 1360 g/mol. The molecule has 7 rings (SSSR count). The number of aliphatic hydroxyl groups is 22. The molecule has 0 radical (unpaired) electrons. The van der Waals surface area contributed by atoms with Gasteiger partial charge in [-0.05, 0) is 0 Å². The third-order valence-corrected chi connectivity index (χ3v) is 16.6. The lowest BCUT2D eigenvalue weighted by molar-refractivity contribution is -0.400. The van der Waals surface area contributed by atoms with Crippen LogP contribution in [0.1, 0.15) is 27.2 Å². The molecule has 0 bridgehead atoms. The third-order valence-electron chi connectivity index (χ3n) is 16.6. The minimum Gasteiger partial charge on any atom is -0.453 e. The summed E-state index contributed by atoms with van der Waals surface area (Å²) >= 11 is 0. The first-order valence-corrected chi connectivity index (χ1v) is 29.3. The van der Waals surface area contributed by atoms with E-state index in [1.54, 1.807) is 0 Å². The molecular formula is C51H85N3O39. The van der Waals surface area contributed by atoms with Crippen molar-refractivity contribution >= 4 is 23.7 Å². The van der Waals surface area contributed by atoms with Gasteiger partial charge in [-0.3, -0.25) is 14.4 Å². The topological polar surface area (TPSA) is 669 Å². The average Bonchev–Trinajstić information content (AvgIpc) is 0.777. The van der Waals surface area contributed by atoms with Crippen molar-refractivity contribution in [3.05, 3.63) is 0 Å². The molecule has 7 saturated heterocycles. The molecule has 36 atom stereocenters. The first kappa shape index (κ1) is 76.9. The highest BCUT2D eigenvalue weighted by atomic mass is 16.8. The van der Waals surface area contributed by atoms with Crippen molar-refractivity contribution in [3.63, 3.8) is 0 Å². The summed E-state index contributed by atoms with van der Waals surface area (Å²) < 4.78 is 74.6. The van der Waals surface area contributed by atoms with Crippen molar-refractivity contribution in [2.45, 2.75) is 248 Å². The maximum Gasteiger partial charge on any atom is 0.367 e. The van der Waals surface area contributed by atoms with Crippen LogP contribution < -0.4 is 16.0 Å². The fourth-order valence-electron chi connectivity index (χ4n) is 11.8. The fraction of sp³-hybridized carbons (Fsp3) is 0.922. The molecule has 42 nitrogen and oxygen atoms in total. The normalized spacial score (nSPS) is 47.2. The number of esters is 1. The van der Waals surface area contributed by atoms with Gasteiger partial charge in [-0.2, -0.15) is 0 Å². The summed E-state index contributed by atoms with van der Waals surface area (Å²) in [4.78, 5) is 51.1. The zero-order chi connectivity index (χ0) is 69.0. The first-order valence-electron chi connectivity index (χ1n) is 29.3. The maximum absolute atomic E-state index is 13.8. The second-order valence-corrected chi connectivity index (χ2v) is 23.2. The molecular weight excluding hydrogens is 1280 g/mol. The predicted octanol–water partition coefficient (Wildman–Crippen LogP) is -17.2. The Kier molecular flexibility index (Phi) is 27.2. The molecule has 0 aliphatic carbocycles. The van der Waals surface area contributed by atoms with E-state index >= 15 is 0 Å². The van der Waals surface area contributed by atoms with E-state index < -0.39 is 297 Å². The van der Waals surface area contributed by atoms with E-state index in [2.05, 4.69) is 16.0 Å². The summed E-state index contributed by atoms with van der Waals surface area (Å²) in [6, 6.07) is -5.37. The molecule has 7 aliphatic rings. The van der Waals surface area contributed by atoms with Gasteiger partial charge in [-0.25, -0.2) is 4.79 Å². The van der Waals surface area contributed by atoms with Crippen molar-refractivity contribution < 1.29 is 193 Å². The Balaban J connectivity index is 1.15. The summed E-state index contributed by atoms with van der Waals surface area (Å²) in [6.45, 7) is -4.93. The number of nitrogens with one attached hydrogen (secondary N) is 3. The number of hydrogen-bond donors (Lipinski definition) is 25. The highest BCUT2D eigenvalue weighted by Crippen LogP contribution is 2.39. The van der Waals surface area contributed by atoms with Crippen LogP contribution in [-0.2, 0) is 80.8 Å². The van der Waals surface area contributed by atoms with E-state index in [0.717, 1.165) is 20.8 Å². The van der Waals surface area contributed by atoms with Crippen LogP contribution in [0.5, 0.6) is 0 Å². The second kappa shape index (κ2) is 32.9. The molecule has 7 heterocycles. The molecule has 0 spiro atoms. The van der Waals surface area contributed by atoms with Gasteiger partial charge in [0.05, 0.1) is 58.4 Å². The van der Waals surface area contributed by atoms with Crippen LogP contribution in [0, 0.1) is 0 Å². The highest BCUT2D eigenvalue weighted by molar-refractivity contribution is 5.78. The maximum atomic E-state index is 13.8. The van der Waals surface area contributed by atoms with Crippen LogP contribution in [0.2, 0.25) is 0 Å². The molecule has 0 unspecified atom stereocenters. The summed E-state index contributed by atoms with van der Waals surface area (Å²) in [7, 11) is 0. The minimum absolute atomic E-state index is 0.825. The third kappa shape index (κ3) is 16.8. The zero-order valence-corrected chi connectivity index (χ0v) is 49.6. The number of carbonyl (C=O) groups is 4. The Labute approximate surface area is 525 Å². The molecule has 93 heavy (non-hydrogen) atoms. The van der Waals surface area contributed by atoms with Crippen LogP contribution >= 0.6 is 0 Å². The molecule has 25 N–H and O–H groups in total. The van der Waals surface area contributed by atoms with Gasteiger partial charge >= 0.3 is 5.97 Å². The molecule has 0 saturated carbocycles. The van der Waals surface area contributed by atoms with Crippen molar-refractivity contribution in [2.24, 2.45) is 0 Å². The standard InChI is InChI=1S/C51H85N3O39/c1-12(62)52-23-15(65)4-51(80,93-40(23)26(67)16(66)5-55)50(79)92-42-29(70)19(8-58)83-47(35(42)76)87-37-21(10-60)85-46(25(31(37)72)54-14(3)64)90-41-28(69)18(7-57)84-48(34(41)75)91-43-36(77)49(88-38-20(9-59)81-44(78)33(74)32(38)73)86-22(11-61)39(43)89-45-24(53-13(2)63)30(71)27(68)17(6-56)82-45/h15-49,55-61,65-78,80H,4-11H2,1-3H3,(H,52,62)(H,53,63)(H,54,64)/t15-,16+,17+,18+,19+,20+,21+,22+,23+,24+,25+,26+,27-,28-,29-,30+,31+,32+,33+,34+,35+,36+,37+,38+,39-,40+,41-,42-,43+,44+,45-,46-,47-,48+,49-,51+/m0/s1. The summed E-state index contributed by atoms with van der Waals surface area (Å²) in [5, 5.41) is 247. The average molecular weight is 1360 g/mol. The Morgan fingerprint density at radius 1 is 0.419 bits per heavy atom. The van der Waals surface area contributed by atoms with E-state index in [4.69, 9.17) is 61.6 Å². The van der Waals surface area contributed by atoms with E-state index in [0.29, 0.717) is 0 Å². The summed E-state index contributed by atoms with van der Waals surface area (Å²) in [5.41, 5.74) is 0. The molecule has 7 fully saturated rings. The van der Waals surface area contributed by atoms with Gasteiger partial charge in [0.25, 0.3) is 5.79 Å². The molecule has 0 aromatic carbocycles. The number of carbonyl (C=O) groups excluding carboxylic acids is 4. The number of aliphatic hydroxyl groups excluding tert-OH is 21. The molecule has 7 aliphatic heterocycles. The van der Waals surface area contributed by atoms with Crippen LogP contribution in [0.15, 0.2) is 0 Å². The van der Waals surface area contributed by atoms with Crippen LogP contribution in [0.25, 0.3) is 0 Å². The number of rotatable bonds is 24. The quantitative estimate of drug-likeness (QED) is 0.0399. The van der Waals surface area contributed by atoms with Crippen LogP contribution in [0.4, 0.5) is 0 Å². The van der Waals surface area contributed by atoms with E-state index in [1.165, 1.54) is 0 Å². The Bertz CT molecular complexity index is 2420. The molecule has 0 aromatic rings. The lowest BCUT2D eigenvalue weighted by Crippen LogP contribution is -2.71. The summed E-state index contributed by atoms with van der Waals surface area (Å²) in [5.74, 6) is -7.92. The lowest BCUT2D eigenvalue weighted by Gasteiger charge is -2.51. The van der Waals surface area contributed by atoms with Crippen LogP contribution in [-0.4, -0.2) is 403 Å². The second-order valence-electron chi connectivity index (χ2n) is 23.2. The minimum atomic E-state index is -3.35. The zero-order valence-electron chi connectivity index (χ0n) is 49.6. The summed E-state index contributed by atoms with van der Waals surface area (Å²) in [6.07, 6.45) is -68.4. The Morgan fingerprint density at radius 3 is 1.30 bits per heavy atom. The lowest BCUT2D eigenvalue weighted by atomic mass is 9.88. The molecule has 42 heteroatoms. The largest absolute Gasteiger partial charge is 0.453 e. The molecule has 0 aromatic heterocycles. The van der Waals surface area contributed by atoms with Crippen LogP contribution in [0.3, 0.4) is 0 Å². The molecule has 3 amide bonds. The Hall–Kier alpha value is -3.48. The smallest absolute Gasteiger partial charge is 0.367 e. The van der Waals surface area contributed by atoms with Gasteiger partial charge in [0.2, 0.25) is 17.7 Å². The van der Waals surface area contributed by atoms with Gasteiger partial charge in [0.15, 0.2) is 43.8 Å². The van der Waals surface area contributed by atoms with Gasteiger partial charge in [0, 0.05) is 27.2 Å². The molecule has 538 valence electrons. The van der Waals surface area contributed by atoms with E-state index in [-0.39, 0.29) is 0 Å². The fourth-order valence-corrected chi connectivity index (χ4v) is 11.8. The number of hydrogen-bond acceptors (Lipinski definition) is 39. The van der Waals surface area contributed by atoms with Crippen molar-refractivity contribution in [3.8, 4) is 0 Å². The van der Waals surface area contributed by atoms with Crippen molar-refractivity contribution in [2.75, 3.05) is 46.2 Å².